The molecule has 0 aromatic rings. The molecule has 0 amide bonds. The third-order valence-electron chi connectivity index (χ3n) is 2.25. The van der Waals surface area contributed by atoms with Crippen molar-refractivity contribution in [2.75, 3.05) is 0 Å². The van der Waals surface area contributed by atoms with E-state index in [-0.39, 0.29) is 0 Å². The Morgan fingerprint density at radius 3 is 2.59 bits per heavy atom. The molecule has 0 atom stereocenters. The van der Waals surface area contributed by atoms with Gasteiger partial charge in [-0.2, -0.15) is 0 Å². The van der Waals surface area contributed by atoms with Gasteiger partial charge in [0.15, 0.2) is 0 Å². The summed E-state index contributed by atoms with van der Waals surface area (Å²) in [6, 6.07) is 0. The van der Waals surface area contributed by atoms with Gasteiger partial charge in [0.1, 0.15) is 0 Å². The highest BCUT2D eigenvalue weighted by Gasteiger charge is 1.84. The Morgan fingerprint density at radius 1 is 1.00 bits per heavy atom. The van der Waals surface area contributed by atoms with Gasteiger partial charge in [0.2, 0.25) is 0 Å². The fourth-order valence-electron chi connectivity index (χ4n) is 1.32. The number of unbranched alkanes of at least 4 members (excludes halogenated alkanes) is 4. The van der Waals surface area contributed by atoms with Gasteiger partial charge in [-0.1, -0.05) is 54.7 Å². The Hall–Kier alpha value is -1.48. The maximum Gasteiger partial charge on any atom is 0.0273 e. The van der Waals surface area contributed by atoms with Crippen molar-refractivity contribution in [1.82, 2.24) is 0 Å². The first-order valence-corrected chi connectivity index (χ1v) is 6.44. The smallest absolute Gasteiger partial charge is 0.0273 e. The lowest BCUT2D eigenvalue weighted by atomic mass is 10.1. The van der Waals surface area contributed by atoms with Crippen LogP contribution in [0.3, 0.4) is 0 Å². The van der Waals surface area contributed by atoms with Crippen LogP contribution < -0.4 is 0 Å². The summed E-state index contributed by atoms with van der Waals surface area (Å²) in [5.41, 5.74) is 0. The van der Waals surface area contributed by atoms with Crippen molar-refractivity contribution < 1.29 is 0 Å². The first-order valence-electron chi connectivity index (χ1n) is 6.44. The van der Waals surface area contributed by atoms with Gasteiger partial charge >= 0.3 is 0 Å². The molecule has 0 nitrogen and oxygen atoms in total. The van der Waals surface area contributed by atoms with Crippen LogP contribution in [0.4, 0.5) is 0 Å². The summed E-state index contributed by atoms with van der Waals surface area (Å²) in [6.07, 6.45) is 21.2. The minimum atomic E-state index is 0.854. The minimum Gasteiger partial charge on any atom is -0.103 e. The van der Waals surface area contributed by atoms with Crippen molar-refractivity contribution in [3.05, 3.63) is 49.1 Å². The molecule has 0 heteroatoms. The monoisotopic (exact) mass is 228 g/mol. The second kappa shape index (κ2) is 14.5. The molecule has 0 aromatic carbocycles. The Labute approximate surface area is 107 Å². The predicted molar refractivity (Wildman–Crippen MR) is 78.8 cm³/mol. The SMILES string of the molecule is C=CCCCCCC=CCC#CC=CC=CC. The minimum absolute atomic E-state index is 0.854. The molecule has 0 aromatic heterocycles. The Balaban J connectivity index is 3.38. The Kier molecular flexibility index (Phi) is 13.3. The zero-order valence-corrected chi connectivity index (χ0v) is 11.0. The molecule has 0 saturated carbocycles. The number of hydrogen-bond acceptors (Lipinski definition) is 0. The summed E-state index contributed by atoms with van der Waals surface area (Å²) in [5, 5.41) is 0. The van der Waals surface area contributed by atoms with E-state index in [1.165, 1.54) is 25.7 Å². The van der Waals surface area contributed by atoms with E-state index in [4.69, 9.17) is 0 Å². The molecular weight excluding hydrogens is 204 g/mol. The molecule has 0 N–H and O–H groups in total. The fourth-order valence-corrected chi connectivity index (χ4v) is 1.32. The normalized spacial score (nSPS) is 11.1. The lowest BCUT2D eigenvalue weighted by molar-refractivity contribution is 0.696. The highest BCUT2D eigenvalue weighted by molar-refractivity contribution is 5.20. The van der Waals surface area contributed by atoms with Crippen LogP contribution in [0.15, 0.2) is 49.1 Å². The molecule has 17 heavy (non-hydrogen) atoms. The second-order valence-corrected chi connectivity index (χ2v) is 3.81. The van der Waals surface area contributed by atoms with E-state index in [1.54, 1.807) is 0 Å². The highest BCUT2D eigenvalue weighted by atomic mass is 13.9. The standard InChI is InChI=1S/C17H24/c1-3-5-7-9-11-13-15-17-16-14-12-10-8-6-4-2/h3-4,6,8,10,15,17H,1,5,7,9,11,13,16H2,2H3. The number of rotatable bonds is 8. The third-order valence-corrected chi connectivity index (χ3v) is 2.25. The lowest BCUT2D eigenvalue weighted by Gasteiger charge is -1.93. The summed E-state index contributed by atoms with van der Waals surface area (Å²) in [7, 11) is 0. The third kappa shape index (κ3) is 14.5. The summed E-state index contributed by atoms with van der Waals surface area (Å²) < 4.78 is 0. The second-order valence-electron chi connectivity index (χ2n) is 3.81. The van der Waals surface area contributed by atoms with Crippen molar-refractivity contribution in [1.29, 1.82) is 0 Å². The first-order chi connectivity index (χ1) is 8.41. The molecule has 0 aliphatic carbocycles. The fraction of sp³-hybridized carbons (Fsp3) is 0.412. The number of allylic oxidation sites excluding steroid dienone is 7. The van der Waals surface area contributed by atoms with Crippen LogP contribution in [0.2, 0.25) is 0 Å². The average molecular weight is 228 g/mol. The average Bonchev–Trinajstić information content (AvgIpc) is 2.35. The van der Waals surface area contributed by atoms with E-state index in [0.717, 1.165) is 12.8 Å². The van der Waals surface area contributed by atoms with Crippen LogP contribution in [0.5, 0.6) is 0 Å². The molecule has 0 fully saturated rings. The van der Waals surface area contributed by atoms with E-state index in [9.17, 15) is 0 Å². The van der Waals surface area contributed by atoms with Gasteiger partial charge in [-0.15, -0.1) is 6.58 Å². The number of hydrogen-bond donors (Lipinski definition) is 0. The van der Waals surface area contributed by atoms with E-state index in [1.807, 2.05) is 37.3 Å². The quantitative estimate of drug-likeness (QED) is 0.232. The lowest BCUT2D eigenvalue weighted by Crippen LogP contribution is -1.74. The summed E-state index contributed by atoms with van der Waals surface area (Å²) in [4.78, 5) is 0. The topological polar surface area (TPSA) is 0 Å². The maximum absolute atomic E-state index is 3.72. The van der Waals surface area contributed by atoms with Crippen LogP contribution in [0, 0.1) is 11.8 Å². The summed E-state index contributed by atoms with van der Waals surface area (Å²) >= 11 is 0. The molecule has 0 aliphatic heterocycles. The highest BCUT2D eigenvalue weighted by Crippen LogP contribution is 2.03. The van der Waals surface area contributed by atoms with E-state index >= 15 is 0 Å². The molecule has 0 saturated heterocycles. The zero-order valence-electron chi connectivity index (χ0n) is 11.0. The molecule has 0 radical (unpaired) electrons. The van der Waals surface area contributed by atoms with Crippen LogP contribution in [0.1, 0.15) is 45.4 Å². The van der Waals surface area contributed by atoms with Crippen molar-refractivity contribution in [2.24, 2.45) is 0 Å². The van der Waals surface area contributed by atoms with Crippen LogP contribution >= 0.6 is 0 Å². The molecule has 0 aliphatic rings. The zero-order chi connectivity index (χ0) is 12.6. The van der Waals surface area contributed by atoms with E-state index < -0.39 is 0 Å². The van der Waals surface area contributed by atoms with Crippen molar-refractivity contribution in [2.45, 2.75) is 45.4 Å². The van der Waals surface area contributed by atoms with Gasteiger partial charge in [-0.05, 0) is 38.7 Å². The first kappa shape index (κ1) is 15.5. The Bertz CT molecular complexity index is 305. The molecule has 0 bridgehead atoms. The van der Waals surface area contributed by atoms with Crippen LogP contribution in [0.25, 0.3) is 0 Å². The Morgan fingerprint density at radius 2 is 1.82 bits per heavy atom. The summed E-state index contributed by atoms with van der Waals surface area (Å²) in [5.74, 6) is 6.08. The van der Waals surface area contributed by atoms with Gasteiger partial charge in [0.05, 0.1) is 0 Å². The molecule has 0 rings (SSSR count). The molecular formula is C17H24. The van der Waals surface area contributed by atoms with Crippen LogP contribution in [-0.2, 0) is 0 Å². The van der Waals surface area contributed by atoms with Gasteiger partial charge in [0.25, 0.3) is 0 Å². The van der Waals surface area contributed by atoms with Gasteiger partial charge < -0.3 is 0 Å². The van der Waals surface area contributed by atoms with E-state index in [2.05, 4.69) is 30.6 Å². The van der Waals surface area contributed by atoms with Gasteiger partial charge in [-0.25, -0.2) is 0 Å². The van der Waals surface area contributed by atoms with Crippen molar-refractivity contribution >= 4 is 0 Å². The molecule has 92 valence electrons. The molecule has 0 spiro atoms. The molecule has 0 unspecified atom stereocenters. The van der Waals surface area contributed by atoms with E-state index in [0.29, 0.717) is 0 Å². The summed E-state index contributed by atoms with van der Waals surface area (Å²) in [6.45, 7) is 5.71. The van der Waals surface area contributed by atoms with Gasteiger partial charge in [0, 0.05) is 6.42 Å². The van der Waals surface area contributed by atoms with Crippen molar-refractivity contribution in [3.8, 4) is 11.8 Å². The predicted octanol–water partition coefficient (Wildman–Crippen LogP) is 5.20. The van der Waals surface area contributed by atoms with Gasteiger partial charge in [-0.3, -0.25) is 0 Å². The molecule has 0 heterocycles. The van der Waals surface area contributed by atoms with Crippen molar-refractivity contribution in [3.63, 3.8) is 0 Å². The van der Waals surface area contributed by atoms with Crippen LogP contribution in [-0.4, -0.2) is 0 Å². The largest absolute Gasteiger partial charge is 0.103 e. The maximum atomic E-state index is 3.72.